The van der Waals surface area contributed by atoms with Crippen molar-refractivity contribution in [1.29, 1.82) is 0 Å². The molecule has 2 N–H and O–H groups in total. The Morgan fingerprint density at radius 3 is 2.48 bits per heavy atom. The van der Waals surface area contributed by atoms with Gasteiger partial charge < -0.3 is 15.5 Å². The van der Waals surface area contributed by atoms with Crippen molar-refractivity contribution in [2.75, 3.05) is 18.4 Å². The molecule has 1 aromatic rings. The van der Waals surface area contributed by atoms with Crippen LogP contribution in [0, 0.1) is 6.92 Å². The van der Waals surface area contributed by atoms with Crippen LogP contribution in [-0.4, -0.2) is 41.8 Å². The first-order chi connectivity index (χ1) is 11.8. The molecule has 0 aliphatic heterocycles. The van der Waals surface area contributed by atoms with Gasteiger partial charge in [0.25, 0.3) is 0 Å². The van der Waals surface area contributed by atoms with E-state index in [0.29, 0.717) is 12.1 Å². The molecule has 3 amide bonds. The van der Waals surface area contributed by atoms with Crippen LogP contribution in [0.4, 0.5) is 5.69 Å². The summed E-state index contributed by atoms with van der Waals surface area (Å²) in [6.45, 7) is 7.56. The van der Waals surface area contributed by atoms with Crippen molar-refractivity contribution in [2.45, 2.75) is 53.0 Å². The molecule has 0 unspecified atom stereocenters. The molecule has 25 heavy (non-hydrogen) atoms. The number of carbonyl (C=O) groups is 3. The summed E-state index contributed by atoms with van der Waals surface area (Å²) in [6.07, 6.45) is 2.18. The molecule has 6 heteroatoms. The molecule has 0 spiro atoms. The van der Waals surface area contributed by atoms with Crippen molar-refractivity contribution >= 4 is 23.4 Å². The Morgan fingerprint density at radius 2 is 1.88 bits per heavy atom. The first-order valence-corrected chi connectivity index (χ1v) is 8.76. The van der Waals surface area contributed by atoms with Crippen LogP contribution in [-0.2, 0) is 14.4 Å². The SMILES string of the molecule is CCCCC(=O)N(CC(=O)NCC(=O)Nc1cccc(C)c1)C(C)C. The van der Waals surface area contributed by atoms with E-state index in [1.807, 2.05) is 45.9 Å². The second-order valence-corrected chi connectivity index (χ2v) is 6.41. The van der Waals surface area contributed by atoms with Gasteiger partial charge in [0.05, 0.1) is 13.1 Å². The number of anilines is 1. The number of nitrogens with one attached hydrogen (secondary N) is 2. The molecule has 0 aliphatic rings. The number of benzene rings is 1. The van der Waals surface area contributed by atoms with E-state index in [1.165, 1.54) is 0 Å². The van der Waals surface area contributed by atoms with Crippen LogP contribution in [0.1, 0.15) is 45.6 Å². The quantitative estimate of drug-likeness (QED) is 0.720. The Hall–Kier alpha value is -2.37. The lowest BCUT2D eigenvalue weighted by molar-refractivity contribution is -0.138. The van der Waals surface area contributed by atoms with Crippen LogP contribution >= 0.6 is 0 Å². The summed E-state index contributed by atoms with van der Waals surface area (Å²) in [5.41, 5.74) is 1.73. The summed E-state index contributed by atoms with van der Waals surface area (Å²) < 4.78 is 0. The van der Waals surface area contributed by atoms with E-state index >= 15 is 0 Å². The van der Waals surface area contributed by atoms with Gasteiger partial charge in [0.15, 0.2) is 0 Å². The number of unbranched alkanes of at least 4 members (excludes halogenated alkanes) is 1. The predicted molar refractivity (Wildman–Crippen MR) is 99.2 cm³/mol. The smallest absolute Gasteiger partial charge is 0.243 e. The first-order valence-electron chi connectivity index (χ1n) is 8.76. The number of hydrogen-bond acceptors (Lipinski definition) is 3. The molecule has 0 aliphatic carbocycles. The van der Waals surface area contributed by atoms with Crippen molar-refractivity contribution < 1.29 is 14.4 Å². The third-order valence-corrected chi connectivity index (χ3v) is 3.75. The Labute approximate surface area is 150 Å². The van der Waals surface area contributed by atoms with E-state index in [0.717, 1.165) is 18.4 Å². The Bertz CT molecular complexity index is 599. The van der Waals surface area contributed by atoms with E-state index in [1.54, 1.807) is 11.0 Å². The molecule has 0 saturated heterocycles. The van der Waals surface area contributed by atoms with Gasteiger partial charge in [-0.3, -0.25) is 14.4 Å². The van der Waals surface area contributed by atoms with Gasteiger partial charge >= 0.3 is 0 Å². The minimum atomic E-state index is -0.335. The molecule has 0 fully saturated rings. The van der Waals surface area contributed by atoms with Gasteiger partial charge in [-0.2, -0.15) is 0 Å². The molecule has 0 saturated carbocycles. The van der Waals surface area contributed by atoms with Crippen molar-refractivity contribution in [3.8, 4) is 0 Å². The maximum Gasteiger partial charge on any atom is 0.243 e. The Balaban J connectivity index is 2.46. The van der Waals surface area contributed by atoms with Crippen LogP contribution < -0.4 is 10.6 Å². The normalized spacial score (nSPS) is 10.4. The molecule has 0 radical (unpaired) electrons. The number of amides is 3. The zero-order valence-electron chi connectivity index (χ0n) is 15.6. The lowest BCUT2D eigenvalue weighted by Gasteiger charge is -2.26. The topological polar surface area (TPSA) is 78.5 Å². The van der Waals surface area contributed by atoms with Crippen molar-refractivity contribution in [1.82, 2.24) is 10.2 Å². The van der Waals surface area contributed by atoms with Gasteiger partial charge in [0.1, 0.15) is 0 Å². The number of rotatable bonds is 9. The molecular weight excluding hydrogens is 318 g/mol. The minimum Gasteiger partial charge on any atom is -0.345 e. The third-order valence-electron chi connectivity index (χ3n) is 3.75. The molecule has 0 bridgehead atoms. The average molecular weight is 347 g/mol. The fourth-order valence-electron chi connectivity index (χ4n) is 2.35. The van der Waals surface area contributed by atoms with E-state index in [9.17, 15) is 14.4 Å². The highest BCUT2D eigenvalue weighted by atomic mass is 16.2. The summed E-state index contributed by atoms with van der Waals surface area (Å²) in [5.74, 6) is -0.665. The molecule has 0 aromatic heterocycles. The minimum absolute atomic E-state index is 0.0298. The zero-order valence-corrected chi connectivity index (χ0v) is 15.6. The Morgan fingerprint density at radius 1 is 1.16 bits per heavy atom. The summed E-state index contributed by atoms with van der Waals surface area (Å²) in [4.78, 5) is 37.7. The maximum atomic E-state index is 12.2. The number of carbonyl (C=O) groups excluding carboxylic acids is 3. The summed E-state index contributed by atoms with van der Waals surface area (Å²) >= 11 is 0. The van der Waals surface area contributed by atoms with Gasteiger partial charge in [-0.15, -0.1) is 0 Å². The number of nitrogens with zero attached hydrogens (tertiary/aromatic N) is 1. The molecule has 1 aromatic carbocycles. The van der Waals surface area contributed by atoms with E-state index in [4.69, 9.17) is 0 Å². The highest BCUT2D eigenvalue weighted by molar-refractivity contribution is 5.95. The van der Waals surface area contributed by atoms with Gasteiger partial charge in [-0.05, 0) is 44.9 Å². The van der Waals surface area contributed by atoms with Crippen LogP contribution in [0.3, 0.4) is 0 Å². The third kappa shape index (κ3) is 7.83. The molecule has 0 atom stereocenters. The first kappa shape index (κ1) is 20.7. The lowest BCUT2D eigenvalue weighted by atomic mass is 10.2. The fraction of sp³-hybridized carbons (Fsp3) is 0.526. The molecule has 1 rings (SSSR count). The van der Waals surface area contributed by atoms with E-state index in [-0.39, 0.29) is 36.9 Å². The van der Waals surface area contributed by atoms with Crippen LogP contribution in [0.15, 0.2) is 24.3 Å². The van der Waals surface area contributed by atoms with Crippen LogP contribution in [0.25, 0.3) is 0 Å². The summed E-state index contributed by atoms with van der Waals surface area (Å²) in [7, 11) is 0. The van der Waals surface area contributed by atoms with Gasteiger partial charge in [-0.25, -0.2) is 0 Å². The van der Waals surface area contributed by atoms with Crippen LogP contribution in [0.2, 0.25) is 0 Å². The number of hydrogen-bond donors (Lipinski definition) is 2. The van der Waals surface area contributed by atoms with Crippen molar-refractivity contribution in [3.63, 3.8) is 0 Å². The molecular formula is C19H29N3O3. The van der Waals surface area contributed by atoms with E-state index < -0.39 is 0 Å². The van der Waals surface area contributed by atoms with Gasteiger partial charge in [-0.1, -0.05) is 25.5 Å². The molecule has 138 valence electrons. The summed E-state index contributed by atoms with van der Waals surface area (Å²) in [6, 6.07) is 7.38. The standard InChI is InChI=1S/C19H29N3O3/c1-5-6-10-19(25)22(14(2)3)13-18(24)20-12-17(23)21-16-9-7-8-15(4)11-16/h7-9,11,14H,5-6,10,12-13H2,1-4H3,(H,20,24)(H,21,23). The van der Waals surface area contributed by atoms with Gasteiger partial charge in [0.2, 0.25) is 17.7 Å². The maximum absolute atomic E-state index is 12.2. The predicted octanol–water partition coefficient (Wildman–Crippen LogP) is 2.48. The van der Waals surface area contributed by atoms with Crippen molar-refractivity contribution in [3.05, 3.63) is 29.8 Å². The van der Waals surface area contributed by atoms with Crippen LogP contribution in [0.5, 0.6) is 0 Å². The fourth-order valence-corrected chi connectivity index (χ4v) is 2.35. The highest BCUT2D eigenvalue weighted by Crippen LogP contribution is 2.09. The zero-order chi connectivity index (χ0) is 18.8. The molecule has 0 heterocycles. The van der Waals surface area contributed by atoms with Gasteiger partial charge in [0, 0.05) is 18.2 Å². The van der Waals surface area contributed by atoms with Crippen molar-refractivity contribution in [2.24, 2.45) is 0 Å². The largest absolute Gasteiger partial charge is 0.345 e. The van der Waals surface area contributed by atoms with E-state index in [2.05, 4.69) is 10.6 Å². The Kier molecular flexibility index (Phi) is 8.67. The molecule has 6 nitrogen and oxygen atoms in total. The number of aryl methyl sites for hydroxylation is 1. The average Bonchev–Trinajstić information content (AvgIpc) is 2.55. The second kappa shape index (κ2) is 10.5. The highest BCUT2D eigenvalue weighted by Gasteiger charge is 2.19. The monoisotopic (exact) mass is 347 g/mol. The summed E-state index contributed by atoms with van der Waals surface area (Å²) in [5, 5.41) is 5.30. The second-order valence-electron chi connectivity index (χ2n) is 6.41. The lowest BCUT2D eigenvalue weighted by Crippen LogP contribution is -2.45.